The van der Waals surface area contributed by atoms with E-state index in [9.17, 15) is 0 Å². The van der Waals surface area contributed by atoms with Crippen LogP contribution in [-0.2, 0) is 13.0 Å². The van der Waals surface area contributed by atoms with Gasteiger partial charge in [0, 0.05) is 23.5 Å². The Morgan fingerprint density at radius 3 is 2.61 bits per heavy atom. The number of hydrogen-bond donors (Lipinski definition) is 2. The van der Waals surface area contributed by atoms with E-state index in [0.29, 0.717) is 0 Å². The molecule has 0 aliphatic heterocycles. The summed E-state index contributed by atoms with van der Waals surface area (Å²) in [4.78, 5) is 0. The normalized spacial score (nSPS) is 10.7. The minimum Gasteiger partial charge on any atom is -0.380 e. The molecular weight excluding hydrogens is 222 g/mol. The van der Waals surface area contributed by atoms with Crippen LogP contribution in [0.4, 0.5) is 5.69 Å². The lowest BCUT2D eigenvalue weighted by Crippen LogP contribution is -2.05. The second-order valence-electron chi connectivity index (χ2n) is 4.73. The van der Waals surface area contributed by atoms with E-state index in [0.717, 1.165) is 24.4 Å². The summed E-state index contributed by atoms with van der Waals surface area (Å²) in [7, 11) is 0. The lowest BCUT2D eigenvalue weighted by molar-refractivity contribution is 1.02. The lowest BCUT2D eigenvalue weighted by Gasteiger charge is -2.14. The third kappa shape index (κ3) is 2.40. The quantitative estimate of drug-likeness (QED) is 0.862. The summed E-state index contributed by atoms with van der Waals surface area (Å²) in [6.07, 6.45) is 1.05. The third-order valence-electron chi connectivity index (χ3n) is 3.46. The standard InChI is InChI=1S/C15H21N3/c1-5-13-8-6-7-10(2)15(13)16-9-14-11(3)17-18-12(14)4/h6-8,16H,5,9H2,1-4H3,(H,17,18). The van der Waals surface area contributed by atoms with E-state index >= 15 is 0 Å². The number of rotatable bonds is 4. The van der Waals surface area contributed by atoms with Crippen LogP contribution >= 0.6 is 0 Å². The summed E-state index contributed by atoms with van der Waals surface area (Å²) < 4.78 is 0. The number of hydrogen-bond acceptors (Lipinski definition) is 2. The number of aromatic amines is 1. The fraction of sp³-hybridized carbons (Fsp3) is 0.400. The van der Waals surface area contributed by atoms with Gasteiger partial charge in [-0.2, -0.15) is 5.10 Å². The van der Waals surface area contributed by atoms with Gasteiger partial charge >= 0.3 is 0 Å². The highest BCUT2D eigenvalue weighted by atomic mass is 15.1. The Balaban J connectivity index is 2.20. The second kappa shape index (κ2) is 5.25. The molecule has 0 aliphatic rings. The van der Waals surface area contributed by atoms with Crippen LogP contribution < -0.4 is 5.32 Å². The maximum Gasteiger partial charge on any atom is 0.0643 e. The van der Waals surface area contributed by atoms with Gasteiger partial charge in [0.15, 0.2) is 0 Å². The zero-order chi connectivity index (χ0) is 13.1. The van der Waals surface area contributed by atoms with E-state index in [-0.39, 0.29) is 0 Å². The molecule has 0 saturated heterocycles. The zero-order valence-corrected chi connectivity index (χ0v) is 11.6. The molecule has 1 aromatic carbocycles. The number of nitrogens with zero attached hydrogens (tertiary/aromatic N) is 1. The third-order valence-corrected chi connectivity index (χ3v) is 3.46. The number of anilines is 1. The molecular formula is C15H21N3. The monoisotopic (exact) mass is 243 g/mol. The predicted octanol–water partition coefficient (Wildman–Crippen LogP) is 3.51. The zero-order valence-electron chi connectivity index (χ0n) is 11.6. The first kappa shape index (κ1) is 12.7. The Kier molecular flexibility index (Phi) is 3.70. The molecule has 18 heavy (non-hydrogen) atoms. The summed E-state index contributed by atoms with van der Waals surface area (Å²) >= 11 is 0. The maximum absolute atomic E-state index is 4.23. The van der Waals surface area contributed by atoms with Crippen LogP contribution in [0.15, 0.2) is 18.2 Å². The molecule has 1 heterocycles. The van der Waals surface area contributed by atoms with Gasteiger partial charge in [0.1, 0.15) is 0 Å². The van der Waals surface area contributed by atoms with E-state index in [1.54, 1.807) is 0 Å². The Morgan fingerprint density at radius 2 is 2.00 bits per heavy atom. The number of benzene rings is 1. The minimum absolute atomic E-state index is 0.825. The molecule has 0 amide bonds. The number of nitrogens with one attached hydrogen (secondary N) is 2. The van der Waals surface area contributed by atoms with Crippen LogP contribution in [0.1, 0.15) is 35.0 Å². The summed E-state index contributed by atoms with van der Waals surface area (Å²) in [5.74, 6) is 0. The van der Waals surface area contributed by atoms with Gasteiger partial charge < -0.3 is 5.32 Å². The maximum atomic E-state index is 4.23. The highest BCUT2D eigenvalue weighted by Gasteiger charge is 2.08. The average Bonchev–Trinajstić information content (AvgIpc) is 2.68. The van der Waals surface area contributed by atoms with E-state index in [2.05, 4.69) is 54.5 Å². The molecule has 0 radical (unpaired) electrons. The summed E-state index contributed by atoms with van der Waals surface area (Å²) in [6.45, 7) is 9.27. The molecule has 0 atom stereocenters. The van der Waals surface area contributed by atoms with Crippen LogP contribution in [0.2, 0.25) is 0 Å². The number of para-hydroxylation sites is 1. The van der Waals surface area contributed by atoms with Crippen LogP contribution in [0.3, 0.4) is 0 Å². The fourth-order valence-electron chi connectivity index (χ4n) is 2.29. The van der Waals surface area contributed by atoms with Gasteiger partial charge in [-0.25, -0.2) is 0 Å². The number of aryl methyl sites for hydroxylation is 4. The van der Waals surface area contributed by atoms with Gasteiger partial charge in [0.25, 0.3) is 0 Å². The smallest absolute Gasteiger partial charge is 0.0643 e. The fourth-order valence-corrected chi connectivity index (χ4v) is 2.29. The Morgan fingerprint density at radius 1 is 1.22 bits per heavy atom. The Hall–Kier alpha value is -1.77. The van der Waals surface area contributed by atoms with Crippen LogP contribution in [-0.4, -0.2) is 10.2 Å². The number of aromatic nitrogens is 2. The predicted molar refractivity (Wildman–Crippen MR) is 75.9 cm³/mol. The molecule has 0 fully saturated rings. The molecule has 0 unspecified atom stereocenters. The molecule has 0 spiro atoms. The molecule has 96 valence electrons. The van der Waals surface area contributed by atoms with Gasteiger partial charge in [0.2, 0.25) is 0 Å². The summed E-state index contributed by atoms with van der Waals surface area (Å²) in [5, 5.41) is 10.8. The molecule has 0 saturated carbocycles. The van der Waals surface area contributed by atoms with Crippen molar-refractivity contribution in [2.45, 2.75) is 40.7 Å². The minimum atomic E-state index is 0.825. The Labute approximate surface area is 109 Å². The van der Waals surface area contributed by atoms with Gasteiger partial charge in [-0.3, -0.25) is 5.10 Å². The lowest BCUT2D eigenvalue weighted by atomic mass is 10.1. The topological polar surface area (TPSA) is 40.7 Å². The van der Waals surface area contributed by atoms with Crippen molar-refractivity contribution < 1.29 is 0 Å². The first-order valence-electron chi connectivity index (χ1n) is 6.46. The molecule has 0 bridgehead atoms. The summed E-state index contributed by atoms with van der Waals surface area (Å²) in [5.41, 5.74) is 7.42. The molecule has 0 aliphatic carbocycles. The van der Waals surface area contributed by atoms with Crippen molar-refractivity contribution in [3.63, 3.8) is 0 Å². The van der Waals surface area contributed by atoms with E-state index in [1.165, 1.54) is 22.4 Å². The van der Waals surface area contributed by atoms with Gasteiger partial charge in [-0.1, -0.05) is 25.1 Å². The average molecular weight is 243 g/mol. The molecule has 3 nitrogen and oxygen atoms in total. The number of H-pyrrole nitrogens is 1. The molecule has 3 heteroatoms. The molecule has 2 aromatic rings. The van der Waals surface area contributed by atoms with Gasteiger partial charge in [-0.05, 0) is 38.3 Å². The first-order valence-corrected chi connectivity index (χ1v) is 6.46. The molecule has 2 rings (SSSR count). The van der Waals surface area contributed by atoms with E-state index in [1.807, 2.05) is 6.92 Å². The van der Waals surface area contributed by atoms with Crippen LogP contribution in [0.25, 0.3) is 0 Å². The largest absolute Gasteiger partial charge is 0.380 e. The first-order chi connectivity index (χ1) is 8.63. The van der Waals surface area contributed by atoms with Crippen molar-refractivity contribution in [2.24, 2.45) is 0 Å². The van der Waals surface area contributed by atoms with Crippen LogP contribution in [0.5, 0.6) is 0 Å². The highest BCUT2D eigenvalue weighted by molar-refractivity contribution is 5.57. The van der Waals surface area contributed by atoms with Crippen molar-refractivity contribution in [3.05, 3.63) is 46.3 Å². The molecule has 2 N–H and O–H groups in total. The molecule has 1 aromatic heterocycles. The SMILES string of the molecule is CCc1cccc(C)c1NCc1c(C)n[nH]c1C. The van der Waals surface area contributed by atoms with Crippen molar-refractivity contribution in [3.8, 4) is 0 Å². The Bertz CT molecular complexity index is 521. The summed E-state index contributed by atoms with van der Waals surface area (Å²) in [6, 6.07) is 6.45. The van der Waals surface area contributed by atoms with Crippen molar-refractivity contribution in [2.75, 3.05) is 5.32 Å². The van der Waals surface area contributed by atoms with Crippen molar-refractivity contribution in [1.29, 1.82) is 0 Å². The highest BCUT2D eigenvalue weighted by Crippen LogP contribution is 2.22. The van der Waals surface area contributed by atoms with Crippen molar-refractivity contribution >= 4 is 5.69 Å². The van der Waals surface area contributed by atoms with E-state index < -0.39 is 0 Å². The van der Waals surface area contributed by atoms with E-state index in [4.69, 9.17) is 0 Å². The van der Waals surface area contributed by atoms with Gasteiger partial charge in [-0.15, -0.1) is 0 Å². The second-order valence-corrected chi connectivity index (χ2v) is 4.73. The van der Waals surface area contributed by atoms with Crippen LogP contribution in [0, 0.1) is 20.8 Å². The van der Waals surface area contributed by atoms with Gasteiger partial charge in [0.05, 0.1) is 5.69 Å². The van der Waals surface area contributed by atoms with Crippen molar-refractivity contribution in [1.82, 2.24) is 10.2 Å².